The molecule has 1 saturated heterocycles. The minimum Gasteiger partial charge on any atom is -0.354 e. The number of rotatable bonds is 5. The van der Waals surface area contributed by atoms with Crippen molar-refractivity contribution in [2.75, 3.05) is 19.6 Å². The van der Waals surface area contributed by atoms with Gasteiger partial charge in [-0.3, -0.25) is 15.0 Å². The van der Waals surface area contributed by atoms with Crippen LogP contribution in [0.3, 0.4) is 0 Å². The second-order valence-electron chi connectivity index (χ2n) is 8.21. The van der Waals surface area contributed by atoms with Crippen molar-refractivity contribution < 1.29 is 4.79 Å². The third kappa shape index (κ3) is 3.95. The van der Waals surface area contributed by atoms with Gasteiger partial charge in [-0.1, -0.05) is 19.9 Å². The summed E-state index contributed by atoms with van der Waals surface area (Å²) in [5, 5.41) is 8.92. The second kappa shape index (κ2) is 7.73. The highest BCUT2D eigenvalue weighted by Gasteiger charge is 2.45. The number of nitrogens with zero attached hydrogens (tertiary/aromatic N) is 2. The Morgan fingerprint density at radius 2 is 2.26 bits per heavy atom. The lowest BCUT2D eigenvalue weighted by Gasteiger charge is -2.46. The van der Waals surface area contributed by atoms with Gasteiger partial charge < -0.3 is 10.3 Å². The minimum absolute atomic E-state index is 0.101. The number of likely N-dealkylation sites (tertiary alicyclic amines) is 1. The predicted octanol–water partition coefficient (Wildman–Crippen LogP) is 2.25. The molecule has 0 aromatic carbocycles. The number of imidazole rings is 1. The molecule has 3 N–H and O–H groups in total. The average Bonchev–Trinajstić information content (AvgIpc) is 3.33. The lowest BCUT2D eigenvalue weighted by Crippen LogP contribution is -2.61. The van der Waals surface area contributed by atoms with Gasteiger partial charge in [0.15, 0.2) is 0 Å². The van der Waals surface area contributed by atoms with Crippen LogP contribution in [0.2, 0.25) is 0 Å². The summed E-state index contributed by atoms with van der Waals surface area (Å²) >= 11 is 1.82. The Hall–Kier alpha value is -1.70. The zero-order chi connectivity index (χ0) is 18.9. The van der Waals surface area contributed by atoms with Crippen molar-refractivity contribution in [2.24, 2.45) is 5.92 Å². The molecule has 0 radical (unpaired) electrons. The van der Waals surface area contributed by atoms with E-state index in [9.17, 15) is 4.79 Å². The summed E-state index contributed by atoms with van der Waals surface area (Å²) in [7, 11) is 0. The maximum absolute atomic E-state index is 12.7. The van der Waals surface area contributed by atoms with Crippen molar-refractivity contribution in [2.45, 2.75) is 51.2 Å². The number of carbonyl (C=O) groups excluding carboxylic acids is 1. The molecule has 4 heterocycles. The van der Waals surface area contributed by atoms with E-state index in [1.807, 2.05) is 11.3 Å². The number of amides is 1. The van der Waals surface area contributed by atoms with E-state index in [1.165, 1.54) is 4.88 Å². The van der Waals surface area contributed by atoms with E-state index in [0.29, 0.717) is 18.9 Å². The van der Waals surface area contributed by atoms with E-state index < -0.39 is 0 Å². The summed E-state index contributed by atoms with van der Waals surface area (Å²) in [5.41, 5.74) is 2.04. The molecule has 7 heteroatoms. The zero-order valence-corrected chi connectivity index (χ0v) is 16.9. The van der Waals surface area contributed by atoms with Crippen molar-refractivity contribution >= 4 is 17.2 Å². The number of nitrogens with one attached hydrogen (secondary N) is 3. The molecule has 6 nitrogen and oxygen atoms in total. The second-order valence-corrected chi connectivity index (χ2v) is 9.24. The molecule has 2 aromatic heterocycles. The zero-order valence-electron chi connectivity index (χ0n) is 16.1. The summed E-state index contributed by atoms with van der Waals surface area (Å²) in [5.74, 6) is 0.555. The summed E-state index contributed by atoms with van der Waals surface area (Å²) in [6.07, 6.45) is 4.41. The lowest BCUT2D eigenvalue weighted by molar-refractivity contribution is -0.124. The van der Waals surface area contributed by atoms with Crippen molar-refractivity contribution in [1.82, 2.24) is 25.5 Å². The average molecular weight is 388 g/mol. The Labute approximate surface area is 164 Å². The normalized spacial score (nSPS) is 22.1. The van der Waals surface area contributed by atoms with Crippen LogP contribution < -0.4 is 10.6 Å². The van der Waals surface area contributed by atoms with Crippen LogP contribution in [0.1, 0.15) is 43.0 Å². The van der Waals surface area contributed by atoms with E-state index in [-0.39, 0.29) is 17.5 Å². The number of thiophene rings is 1. The Morgan fingerprint density at radius 1 is 1.44 bits per heavy atom. The molecule has 1 amide bonds. The van der Waals surface area contributed by atoms with Crippen molar-refractivity contribution in [1.29, 1.82) is 0 Å². The highest BCUT2D eigenvalue weighted by atomic mass is 32.1. The molecule has 146 valence electrons. The Morgan fingerprint density at radius 3 is 2.96 bits per heavy atom. The van der Waals surface area contributed by atoms with Crippen LogP contribution >= 0.6 is 11.3 Å². The predicted molar refractivity (Wildman–Crippen MR) is 108 cm³/mol. The number of piperidine rings is 1. The summed E-state index contributed by atoms with van der Waals surface area (Å²) in [6, 6.07) is 4.12. The van der Waals surface area contributed by atoms with E-state index in [1.54, 1.807) is 6.33 Å². The number of hydrogen-bond acceptors (Lipinski definition) is 5. The van der Waals surface area contributed by atoms with Crippen molar-refractivity contribution in [3.05, 3.63) is 40.1 Å². The van der Waals surface area contributed by atoms with Gasteiger partial charge in [0.25, 0.3) is 0 Å². The molecule has 0 aliphatic carbocycles. The number of carbonyl (C=O) groups is 1. The first-order valence-corrected chi connectivity index (χ1v) is 10.8. The van der Waals surface area contributed by atoms with Gasteiger partial charge in [0.1, 0.15) is 0 Å². The standard InChI is InChI=1S/C20H29N5OS/c1-14(2)11-21-19(26)17-10-16-18(23-13-22-16)20(24-17)5-7-25(8-6-20)12-15-4-3-9-27-15/h3-4,9,13-14,17,24H,5-8,10-12H2,1-2H3,(H,21,26)(H,22,23)/t17-/m0/s1. The minimum atomic E-state index is -0.195. The van der Waals surface area contributed by atoms with Gasteiger partial charge in [0.05, 0.1) is 23.6 Å². The smallest absolute Gasteiger partial charge is 0.237 e. The van der Waals surface area contributed by atoms with Crippen LogP contribution in [0.25, 0.3) is 0 Å². The van der Waals surface area contributed by atoms with Crippen LogP contribution in [0.4, 0.5) is 0 Å². The van der Waals surface area contributed by atoms with Gasteiger partial charge in [-0.15, -0.1) is 11.3 Å². The molecule has 1 atom stereocenters. The molecule has 0 bridgehead atoms. The lowest BCUT2D eigenvalue weighted by atomic mass is 9.78. The first-order valence-electron chi connectivity index (χ1n) is 9.88. The number of hydrogen-bond donors (Lipinski definition) is 3. The van der Waals surface area contributed by atoms with Crippen LogP contribution in [0, 0.1) is 5.92 Å². The van der Waals surface area contributed by atoms with Gasteiger partial charge in [-0.2, -0.15) is 0 Å². The molecule has 4 rings (SSSR count). The third-order valence-corrected chi connectivity index (χ3v) is 6.56. The molecule has 2 aliphatic rings. The molecular formula is C20H29N5OS. The fourth-order valence-corrected chi connectivity index (χ4v) is 4.98. The Bertz CT molecular complexity index is 761. The van der Waals surface area contributed by atoms with Gasteiger partial charge in [-0.05, 0) is 30.2 Å². The topological polar surface area (TPSA) is 73.0 Å². The highest BCUT2D eigenvalue weighted by Crippen LogP contribution is 2.37. The molecule has 2 aliphatic heterocycles. The maximum Gasteiger partial charge on any atom is 0.237 e. The molecule has 2 aromatic rings. The maximum atomic E-state index is 12.7. The first kappa shape index (κ1) is 18.7. The molecular weight excluding hydrogens is 358 g/mol. The SMILES string of the molecule is CC(C)CNC(=O)[C@@H]1Cc2[nH]cnc2C2(CCN(Cc3cccs3)CC2)N1. The van der Waals surface area contributed by atoms with Gasteiger partial charge in [-0.25, -0.2) is 4.98 Å². The van der Waals surface area contributed by atoms with Crippen molar-refractivity contribution in [3.63, 3.8) is 0 Å². The quantitative estimate of drug-likeness (QED) is 0.736. The van der Waals surface area contributed by atoms with Crippen LogP contribution in [-0.4, -0.2) is 46.5 Å². The fourth-order valence-electron chi connectivity index (χ4n) is 4.23. The molecule has 1 spiro atoms. The molecule has 27 heavy (non-hydrogen) atoms. The summed E-state index contributed by atoms with van der Waals surface area (Å²) in [4.78, 5) is 24.6. The molecule has 0 saturated carbocycles. The number of fused-ring (bicyclic) bond motifs is 2. The number of aromatic amines is 1. The summed E-state index contributed by atoms with van der Waals surface area (Å²) < 4.78 is 0. The van der Waals surface area contributed by atoms with Crippen LogP contribution in [0.5, 0.6) is 0 Å². The van der Waals surface area contributed by atoms with Crippen LogP contribution in [-0.2, 0) is 23.3 Å². The Kier molecular flexibility index (Phi) is 5.34. The van der Waals surface area contributed by atoms with Crippen molar-refractivity contribution in [3.8, 4) is 0 Å². The highest BCUT2D eigenvalue weighted by molar-refractivity contribution is 7.09. The molecule has 1 fully saturated rings. The van der Waals surface area contributed by atoms with E-state index in [2.05, 4.69) is 56.9 Å². The largest absolute Gasteiger partial charge is 0.354 e. The van der Waals surface area contributed by atoms with Crippen LogP contribution in [0.15, 0.2) is 23.8 Å². The monoisotopic (exact) mass is 387 g/mol. The van der Waals surface area contributed by atoms with E-state index >= 15 is 0 Å². The van der Waals surface area contributed by atoms with E-state index in [4.69, 9.17) is 0 Å². The van der Waals surface area contributed by atoms with Gasteiger partial charge >= 0.3 is 0 Å². The fraction of sp³-hybridized carbons (Fsp3) is 0.600. The third-order valence-electron chi connectivity index (χ3n) is 5.70. The number of aromatic nitrogens is 2. The molecule has 0 unspecified atom stereocenters. The van der Waals surface area contributed by atoms with E-state index in [0.717, 1.165) is 43.9 Å². The Balaban J connectivity index is 1.46. The summed E-state index contributed by atoms with van der Waals surface area (Å²) in [6.45, 7) is 7.99. The first-order chi connectivity index (χ1) is 13.1. The van der Waals surface area contributed by atoms with Gasteiger partial charge in [0.2, 0.25) is 5.91 Å². The van der Waals surface area contributed by atoms with Gasteiger partial charge in [0, 0.05) is 43.2 Å². The number of H-pyrrole nitrogens is 1.